The van der Waals surface area contributed by atoms with E-state index in [1.165, 1.54) is 11.3 Å². The van der Waals surface area contributed by atoms with Crippen molar-refractivity contribution in [3.8, 4) is 16.6 Å². The normalized spacial score (nSPS) is 16.4. The van der Waals surface area contributed by atoms with Gasteiger partial charge in [-0.2, -0.15) is 10.4 Å². The van der Waals surface area contributed by atoms with Gasteiger partial charge in [0, 0.05) is 31.8 Å². The van der Waals surface area contributed by atoms with Gasteiger partial charge in [-0.3, -0.25) is 9.48 Å². The number of hydrogen-bond donors (Lipinski definition) is 1. The second kappa shape index (κ2) is 7.96. The number of nitriles is 1. The summed E-state index contributed by atoms with van der Waals surface area (Å²) >= 11 is 1.44. The summed E-state index contributed by atoms with van der Waals surface area (Å²) in [6.45, 7) is 2.43. The molecule has 1 aliphatic rings. The van der Waals surface area contributed by atoms with Crippen molar-refractivity contribution in [1.82, 2.24) is 19.7 Å². The minimum atomic E-state index is -0.165. The lowest BCUT2D eigenvalue weighted by molar-refractivity contribution is -0.119. The molecule has 2 aromatic heterocycles. The predicted octanol–water partition coefficient (Wildman–Crippen LogP) is 2.55. The molecule has 1 aromatic carbocycles. The third-order valence-corrected chi connectivity index (χ3v) is 5.83. The number of thiazole rings is 1. The van der Waals surface area contributed by atoms with Crippen LogP contribution < -0.4 is 5.32 Å². The molecule has 1 atom stereocenters. The van der Waals surface area contributed by atoms with Gasteiger partial charge in [-0.05, 0) is 24.1 Å². The summed E-state index contributed by atoms with van der Waals surface area (Å²) in [6, 6.07) is 6.15. The van der Waals surface area contributed by atoms with Gasteiger partial charge in [0.2, 0.25) is 5.91 Å². The molecule has 1 N–H and O–H groups in total. The molecule has 1 fully saturated rings. The molecule has 0 bridgehead atoms. The van der Waals surface area contributed by atoms with Crippen molar-refractivity contribution in [3.63, 3.8) is 0 Å². The van der Waals surface area contributed by atoms with Crippen molar-refractivity contribution < 1.29 is 9.53 Å². The van der Waals surface area contributed by atoms with E-state index in [9.17, 15) is 4.79 Å². The van der Waals surface area contributed by atoms with Gasteiger partial charge in [-0.15, -0.1) is 0 Å². The number of benzene rings is 1. The number of amides is 1. The van der Waals surface area contributed by atoms with Crippen molar-refractivity contribution in [2.75, 3.05) is 32.1 Å². The first-order chi connectivity index (χ1) is 13.7. The Kier molecular flexibility index (Phi) is 5.23. The highest BCUT2D eigenvalue weighted by Crippen LogP contribution is 2.31. The maximum Gasteiger partial charge on any atom is 0.231 e. The number of ether oxygens (including phenoxy) is 1. The Morgan fingerprint density at radius 3 is 3.14 bits per heavy atom. The highest BCUT2D eigenvalue weighted by molar-refractivity contribution is 7.19. The maximum absolute atomic E-state index is 12.4. The number of nitrogens with zero attached hydrogens (tertiary/aromatic N) is 5. The van der Waals surface area contributed by atoms with Crippen LogP contribution in [0.25, 0.3) is 21.3 Å². The molecule has 9 heteroatoms. The van der Waals surface area contributed by atoms with Crippen LogP contribution in [0.5, 0.6) is 0 Å². The van der Waals surface area contributed by atoms with Gasteiger partial charge < -0.3 is 15.0 Å². The standard InChI is InChI=1S/C19H20N6O2S/c1-27-7-6-25-16-3-2-13(8-15(16)9-22-25)17-10-21-19(28-17)23-18(26)14-4-5-24(11-14)12-20/h2-3,8-10,14H,4-7,11H2,1H3,(H,21,23,26)/t14-/m0/s1. The van der Waals surface area contributed by atoms with Gasteiger partial charge in [0.25, 0.3) is 0 Å². The van der Waals surface area contributed by atoms with Gasteiger partial charge in [-0.1, -0.05) is 17.4 Å². The lowest BCUT2D eigenvalue weighted by atomic mass is 10.1. The molecule has 0 spiro atoms. The fraction of sp³-hybridized carbons (Fsp3) is 0.368. The predicted molar refractivity (Wildman–Crippen MR) is 107 cm³/mol. The highest BCUT2D eigenvalue weighted by Gasteiger charge is 2.28. The summed E-state index contributed by atoms with van der Waals surface area (Å²) < 4.78 is 7.04. The zero-order chi connectivity index (χ0) is 19.5. The number of fused-ring (bicyclic) bond motifs is 1. The molecule has 0 aliphatic carbocycles. The first-order valence-electron chi connectivity index (χ1n) is 9.04. The number of rotatable bonds is 6. The summed E-state index contributed by atoms with van der Waals surface area (Å²) in [7, 11) is 1.68. The molecule has 8 nitrogen and oxygen atoms in total. The van der Waals surface area contributed by atoms with Crippen LogP contribution in [0.4, 0.5) is 5.13 Å². The van der Waals surface area contributed by atoms with E-state index in [4.69, 9.17) is 10.00 Å². The monoisotopic (exact) mass is 396 g/mol. The van der Waals surface area contributed by atoms with Crippen LogP contribution >= 0.6 is 11.3 Å². The molecule has 144 valence electrons. The number of hydrogen-bond acceptors (Lipinski definition) is 7. The van der Waals surface area contributed by atoms with Crippen LogP contribution in [0.2, 0.25) is 0 Å². The van der Waals surface area contributed by atoms with E-state index >= 15 is 0 Å². The SMILES string of the molecule is COCCn1ncc2cc(-c3cnc(NC(=O)[C@H]4CCN(C#N)C4)s3)ccc21. The number of carbonyl (C=O) groups excluding carboxylic acids is 1. The van der Waals surface area contributed by atoms with E-state index in [1.54, 1.807) is 18.2 Å². The van der Waals surface area contributed by atoms with Crippen molar-refractivity contribution in [1.29, 1.82) is 5.26 Å². The molecular weight excluding hydrogens is 376 g/mol. The molecule has 1 amide bonds. The average Bonchev–Trinajstić information content (AvgIpc) is 3.45. The number of aromatic nitrogens is 3. The zero-order valence-corrected chi connectivity index (χ0v) is 16.3. The molecular formula is C19H20N6O2S. The molecule has 4 rings (SSSR count). The Labute approximate surface area is 166 Å². The van der Waals surface area contributed by atoms with Crippen LogP contribution in [0.15, 0.2) is 30.6 Å². The van der Waals surface area contributed by atoms with E-state index < -0.39 is 0 Å². The van der Waals surface area contributed by atoms with E-state index in [0.29, 0.717) is 37.8 Å². The lowest BCUT2D eigenvalue weighted by Crippen LogP contribution is -2.25. The number of carbonyl (C=O) groups is 1. The van der Waals surface area contributed by atoms with Gasteiger partial charge in [0.15, 0.2) is 11.3 Å². The Hall–Kier alpha value is -2.96. The van der Waals surface area contributed by atoms with Crippen LogP contribution in [0.1, 0.15) is 6.42 Å². The Morgan fingerprint density at radius 1 is 1.46 bits per heavy atom. The van der Waals surface area contributed by atoms with Gasteiger partial charge >= 0.3 is 0 Å². The van der Waals surface area contributed by atoms with Crippen LogP contribution in [0.3, 0.4) is 0 Å². The third-order valence-electron chi connectivity index (χ3n) is 4.87. The number of nitrogens with one attached hydrogen (secondary N) is 1. The summed E-state index contributed by atoms with van der Waals surface area (Å²) in [5.74, 6) is -0.241. The first kappa shape index (κ1) is 18.4. The van der Waals surface area contributed by atoms with E-state index in [2.05, 4.69) is 27.7 Å². The summed E-state index contributed by atoms with van der Waals surface area (Å²) in [5, 5.41) is 17.8. The van der Waals surface area contributed by atoms with E-state index in [-0.39, 0.29) is 11.8 Å². The van der Waals surface area contributed by atoms with E-state index in [0.717, 1.165) is 21.3 Å². The summed E-state index contributed by atoms with van der Waals surface area (Å²) in [5.41, 5.74) is 2.09. The van der Waals surface area contributed by atoms with Gasteiger partial charge in [0.1, 0.15) is 0 Å². The van der Waals surface area contributed by atoms with Crippen LogP contribution in [-0.4, -0.2) is 52.4 Å². The fourth-order valence-electron chi connectivity index (χ4n) is 3.33. The van der Waals surface area contributed by atoms with E-state index in [1.807, 2.05) is 23.0 Å². The minimum absolute atomic E-state index is 0.0754. The summed E-state index contributed by atoms with van der Waals surface area (Å²) in [6.07, 6.45) is 6.41. The summed E-state index contributed by atoms with van der Waals surface area (Å²) in [4.78, 5) is 19.3. The van der Waals surface area contributed by atoms with Crippen molar-refractivity contribution in [3.05, 3.63) is 30.6 Å². The first-order valence-corrected chi connectivity index (χ1v) is 9.86. The fourth-order valence-corrected chi connectivity index (χ4v) is 4.15. The van der Waals surface area contributed by atoms with Gasteiger partial charge in [0.05, 0.1) is 35.7 Å². The lowest BCUT2D eigenvalue weighted by Gasteiger charge is -2.08. The zero-order valence-electron chi connectivity index (χ0n) is 15.5. The maximum atomic E-state index is 12.4. The molecule has 28 heavy (non-hydrogen) atoms. The smallest absolute Gasteiger partial charge is 0.231 e. The number of likely N-dealkylation sites (tertiary alicyclic amines) is 1. The quantitative estimate of drug-likeness (QED) is 0.643. The average molecular weight is 396 g/mol. The molecule has 1 saturated heterocycles. The third kappa shape index (κ3) is 3.69. The second-order valence-electron chi connectivity index (χ2n) is 6.68. The number of anilines is 1. The molecule has 0 radical (unpaired) electrons. The van der Waals surface area contributed by atoms with Crippen molar-refractivity contribution in [2.24, 2.45) is 5.92 Å². The Balaban J connectivity index is 1.46. The van der Waals surface area contributed by atoms with Crippen molar-refractivity contribution in [2.45, 2.75) is 13.0 Å². The molecule has 3 heterocycles. The minimum Gasteiger partial charge on any atom is -0.383 e. The molecule has 3 aromatic rings. The largest absolute Gasteiger partial charge is 0.383 e. The highest BCUT2D eigenvalue weighted by atomic mass is 32.1. The van der Waals surface area contributed by atoms with Crippen LogP contribution in [-0.2, 0) is 16.1 Å². The second-order valence-corrected chi connectivity index (χ2v) is 7.72. The molecule has 1 aliphatic heterocycles. The van der Waals surface area contributed by atoms with Crippen LogP contribution in [0, 0.1) is 17.4 Å². The number of methoxy groups -OCH3 is 1. The molecule has 0 saturated carbocycles. The Morgan fingerprint density at radius 2 is 2.36 bits per heavy atom. The van der Waals surface area contributed by atoms with Gasteiger partial charge in [-0.25, -0.2) is 4.98 Å². The topological polar surface area (TPSA) is 96.1 Å². The molecule has 0 unspecified atom stereocenters. The van der Waals surface area contributed by atoms with Crippen molar-refractivity contribution >= 4 is 33.3 Å². The Bertz CT molecular complexity index is 1040.